The Hall–Kier alpha value is -3.27. The summed E-state index contributed by atoms with van der Waals surface area (Å²) in [5.41, 5.74) is 0.898. The van der Waals surface area contributed by atoms with Crippen LogP contribution in [0.2, 0.25) is 0 Å². The van der Waals surface area contributed by atoms with Crippen molar-refractivity contribution < 1.29 is 27.1 Å². The Labute approximate surface area is 197 Å². The Morgan fingerprint density at radius 1 is 1.12 bits per heavy atom. The number of sulfone groups is 1. The third-order valence-electron chi connectivity index (χ3n) is 5.57. The molecule has 0 spiro atoms. The van der Waals surface area contributed by atoms with Crippen molar-refractivity contribution in [2.75, 3.05) is 19.3 Å². The highest BCUT2D eigenvalue weighted by Crippen LogP contribution is 2.33. The second kappa shape index (κ2) is 9.54. The minimum Gasteiger partial charge on any atom is -0.490 e. The molecule has 1 saturated heterocycles. The molecule has 0 bridgehead atoms. The average Bonchev–Trinajstić information content (AvgIpc) is 2.78. The molecule has 1 fully saturated rings. The van der Waals surface area contributed by atoms with Gasteiger partial charge in [0.15, 0.2) is 9.84 Å². The number of fused-ring (bicyclic) bond motifs is 1. The average molecular weight is 488 g/mol. The fourth-order valence-corrected chi connectivity index (χ4v) is 4.52. The number of aromatic nitrogens is 2. The molecule has 0 saturated carbocycles. The van der Waals surface area contributed by atoms with Gasteiger partial charge in [0.2, 0.25) is 0 Å². The van der Waals surface area contributed by atoms with Crippen molar-refractivity contribution in [1.82, 2.24) is 14.9 Å². The summed E-state index contributed by atoms with van der Waals surface area (Å²) in [6.07, 6.45) is 4.85. The molecule has 3 aromatic rings. The molecule has 1 aliphatic rings. The fourth-order valence-electron chi connectivity index (χ4n) is 3.88. The molecular formula is C24H26FN3O5S. The quantitative estimate of drug-likeness (QED) is 0.531. The summed E-state index contributed by atoms with van der Waals surface area (Å²) in [4.78, 5) is 22.4. The number of carbonyl (C=O) groups excluding carboxylic acids is 1. The van der Waals surface area contributed by atoms with Crippen molar-refractivity contribution in [3.8, 4) is 17.0 Å². The van der Waals surface area contributed by atoms with Crippen LogP contribution in [0.3, 0.4) is 0 Å². The highest BCUT2D eigenvalue weighted by molar-refractivity contribution is 7.90. The van der Waals surface area contributed by atoms with Crippen molar-refractivity contribution in [2.45, 2.75) is 43.8 Å². The first kappa shape index (κ1) is 23.9. The van der Waals surface area contributed by atoms with Crippen LogP contribution in [0, 0.1) is 5.82 Å². The van der Waals surface area contributed by atoms with Crippen LogP contribution >= 0.6 is 0 Å². The summed E-state index contributed by atoms with van der Waals surface area (Å²) < 4.78 is 49.8. The van der Waals surface area contributed by atoms with Crippen LogP contribution in [0.15, 0.2) is 47.6 Å². The van der Waals surface area contributed by atoms with Gasteiger partial charge in [-0.1, -0.05) is 0 Å². The van der Waals surface area contributed by atoms with E-state index in [0.29, 0.717) is 48.3 Å². The van der Waals surface area contributed by atoms with Gasteiger partial charge in [0.05, 0.1) is 16.7 Å². The van der Waals surface area contributed by atoms with Gasteiger partial charge in [0.1, 0.15) is 23.2 Å². The maximum Gasteiger partial charge on any atom is 0.410 e. The van der Waals surface area contributed by atoms with Crippen LogP contribution in [0.5, 0.6) is 5.75 Å². The molecule has 1 aliphatic heterocycles. The zero-order valence-electron chi connectivity index (χ0n) is 19.2. The Bertz CT molecular complexity index is 1320. The minimum atomic E-state index is -3.53. The molecule has 10 heteroatoms. The molecule has 8 nitrogen and oxygen atoms in total. The summed E-state index contributed by atoms with van der Waals surface area (Å²) in [6.45, 7) is 4.70. The zero-order chi connectivity index (χ0) is 24.5. The first-order valence-electron chi connectivity index (χ1n) is 11.0. The minimum absolute atomic E-state index is 0.101. The normalized spacial score (nSPS) is 15.0. The highest BCUT2D eigenvalue weighted by Gasteiger charge is 2.26. The first-order chi connectivity index (χ1) is 16.1. The first-order valence-corrected chi connectivity index (χ1v) is 12.9. The number of benzene rings is 1. The predicted octanol–water partition coefficient (Wildman–Crippen LogP) is 4.23. The molecule has 0 radical (unpaired) electrons. The molecule has 0 aliphatic carbocycles. The van der Waals surface area contributed by atoms with E-state index in [0.717, 1.165) is 12.3 Å². The van der Waals surface area contributed by atoms with Crippen LogP contribution in [-0.4, -0.2) is 60.9 Å². The lowest BCUT2D eigenvalue weighted by atomic mass is 10.1. The van der Waals surface area contributed by atoms with Crippen molar-refractivity contribution in [2.24, 2.45) is 0 Å². The summed E-state index contributed by atoms with van der Waals surface area (Å²) >= 11 is 0. The van der Waals surface area contributed by atoms with Gasteiger partial charge in [0, 0.05) is 55.5 Å². The third-order valence-corrected chi connectivity index (χ3v) is 6.68. The summed E-state index contributed by atoms with van der Waals surface area (Å²) in [5, 5.41) is 0.667. The van der Waals surface area contributed by atoms with E-state index < -0.39 is 15.7 Å². The predicted molar refractivity (Wildman–Crippen MR) is 125 cm³/mol. The van der Waals surface area contributed by atoms with Crippen LogP contribution < -0.4 is 4.74 Å². The van der Waals surface area contributed by atoms with Crippen LogP contribution in [0.25, 0.3) is 22.2 Å². The summed E-state index contributed by atoms with van der Waals surface area (Å²) in [7, 11) is -3.53. The zero-order valence-corrected chi connectivity index (χ0v) is 20.0. The number of rotatable bonds is 5. The monoisotopic (exact) mass is 487 g/mol. The van der Waals surface area contributed by atoms with Gasteiger partial charge in [-0.05, 0) is 44.2 Å². The number of pyridine rings is 2. The van der Waals surface area contributed by atoms with Crippen molar-refractivity contribution in [3.63, 3.8) is 0 Å². The lowest BCUT2D eigenvalue weighted by molar-refractivity contribution is 0.0520. The van der Waals surface area contributed by atoms with E-state index in [-0.39, 0.29) is 28.8 Å². The van der Waals surface area contributed by atoms with E-state index in [1.54, 1.807) is 29.4 Å². The summed E-state index contributed by atoms with van der Waals surface area (Å²) in [5.74, 6) is -0.110. The molecule has 180 valence electrons. The van der Waals surface area contributed by atoms with Gasteiger partial charge >= 0.3 is 6.09 Å². The largest absolute Gasteiger partial charge is 0.490 e. The summed E-state index contributed by atoms with van der Waals surface area (Å²) in [6, 6.07) is 7.23. The van der Waals surface area contributed by atoms with Crippen LogP contribution in [0.1, 0.15) is 26.7 Å². The van der Waals surface area contributed by atoms with Gasteiger partial charge in [-0.15, -0.1) is 0 Å². The maximum absolute atomic E-state index is 14.8. The van der Waals surface area contributed by atoms with Crippen LogP contribution in [0.4, 0.5) is 9.18 Å². The van der Waals surface area contributed by atoms with Crippen molar-refractivity contribution >= 4 is 26.8 Å². The Morgan fingerprint density at radius 2 is 1.82 bits per heavy atom. The third kappa shape index (κ3) is 5.11. The van der Waals surface area contributed by atoms with E-state index in [1.807, 2.05) is 13.8 Å². The number of amides is 1. The molecule has 3 heterocycles. The smallest absolute Gasteiger partial charge is 0.410 e. The van der Waals surface area contributed by atoms with Crippen molar-refractivity contribution in [3.05, 3.63) is 48.5 Å². The Kier molecular flexibility index (Phi) is 6.70. The lowest BCUT2D eigenvalue weighted by Gasteiger charge is -2.32. The number of ether oxygens (including phenoxy) is 2. The van der Waals surface area contributed by atoms with E-state index >= 15 is 0 Å². The second-order valence-electron chi connectivity index (χ2n) is 8.52. The molecule has 0 unspecified atom stereocenters. The highest BCUT2D eigenvalue weighted by atomic mass is 32.2. The van der Waals surface area contributed by atoms with Gasteiger partial charge in [-0.3, -0.25) is 9.97 Å². The molecule has 34 heavy (non-hydrogen) atoms. The van der Waals surface area contributed by atoms with Gasteiger partial charge in [-0.2, -0.15) is 0 Å². The molecule has 1 aromatic carbocycles. The molecule has 0 atom stereocenters. The number of hydrogen-bond donors (Lipinski definition) is 0. The topological polar surface area (TPSA) is 98.7 Å². The molecule has 4 rings (SSSR count). The lowest BCUT2D eigenvalue weighted by Crippen LogP contribution is -2.42. The van der Waals surface area contributed by atoms with Crippen LogP contribution in [-0.2, 0) is 14.6 Å². The van der Waals surface area contributed by atoms with Gasteiger partial charge < -0.3 is 14.4 Å². The van der Waals surface area contributed by atoms with E-state index in [9.17, 15) is 17.6 Å². The number of nitrogens with zero attached hydrogens (tertiary/aromatic N) is 3. The SMILES string of the molecule is CC(C)OC(=O)N1CCC(Oc2ccnc3c(-c4ccc(S(C)(=O)=O)cc4F)nccc23)CC1. The molecule has 0 N–H and O–H groups in total. The molecule has 1 amide bonds. The number of carbonyl (C=O) groups is 1. The number of likely N-dealkylation sites (tertiary alicyclic amines) is 1. The van der Waals surface area contributed by atoms with E-state index in [4.69, 9.17) is 9.47 Å². The fraction of sp³-hybridized carbons (Fsp3) is 0.375. The maximum atomic E-state index is 14.8. The van der Waals surface area contributed by atoms with Crippen molar-refractivity contribution in [1.29, 1.82) is 0 Å². The standard InChI is InChI=1S/C24H26FN3O5S/c1-15(2)32-24(29)28-12-8-16(9-13-28)33-21-7-11-27-23-19(21)6-10-26-22(23)18-5-4-17(14-20(18)25)34(3,30)31/h4-7,10-11,14-16H,8-9,12-13H2,1-3H3. The number of hydrogen-bond acceptors (Lipinski definition) is 7. The van der Waals surface area contributed by atoms with Gasteiger partial charge in [0.25, 0.3) is 0 Å². The Morgan fingerprint density at radius 3 is 2.47 bits per heavy atom. The number of halogens is 1. The van der Waals surface area contributed by atoms with Gasteiger partial charge in [-0.25, -0.2) is 17.6 Å². The van der Waals surface area contributed by atoms with E-state index in [2.05, 4.69) is 9.97 Å². The molecular weight excluding hydrogens is 461 g/mol. The van der Waals surface area contributed by atoms with E-state index in [1.165, 1.54) is 12.1 Å². The number of piperidine rings is 1. The Balaban J connectivity index is 1.57. The second-order valence-corrected chi connectivity index (χ2v) is 10.5. The molecule has 2 aromatic heterocycles.